The second-order valence-corrected chi connectivity index (χ2v) is 5.87. The summed E-state index contributed by atoms with van der Waals surface area (Å²) >= 11 is 0. The zero-order valence-electron chi connectivity index (χ0n) is 12.0. The fourth-order valence-corrected chi connectivity index (χ4v) is 2.98. The quantitative estimate of drug-likeness (QED) is 0.627. The number of aromatic nitrogens is 1. The normalized spacial score (nSPS) is 25.1. The molecule has 2 aliphatic rings. The number of hydrogen-bond acceptors (Lipinski definition) is 4. The molecule has 1 aliphatic heterocycles. The molecule has 0 amide bonds. The second kappa shape index (κ2) is 4.40. The van der Waals surface area contributed by atoms with Crippen molar-refractivity contribution in [2.24, 2.45) is 5.92 Å². The molecule has 1 fully saturated rings. The molecule has 2 atom stereocenters. The average molecular weight is 294 g/mol. The Balaban J connectivity index is 1.91. The van der Waals surface area contributed by atoms with Gasteiger partial charge < -0.3 is 4.74 Å². The molecule has 5 nitrogen and oxygen atoms in total. The molecule has 0 saturated heterocycles. The van der Waals surface area contributed by atoms with Crippen molar-refractivity contribution in [2.75, 3.05) is 0 Å². The lowest BCUT2D eigenvalue weighted by Crippen LogP contribution is -2.23. The van der Waals surface area contributed by atoms with E-state index in [9.17, 15) is 10.1 Å². The van der Waals surface area contributed by atoms with Crippen LogP contribution in [0.4, 0.5) is 5.69 Å². The van der Waals surface area contributed by atoms with Gasteiger partial charge in [0.25, 0.3) is 5.69 Å². The van der Waals surface area contributed by atoms with Gasteiger partial charge in [0.15, 0.2) is 0 Å². The molecule has 4 rings (SSSR count). The third kappa shape index (κ3) is 1.89. The molecule has 0 N–H and O–H groups in total. The summed E-state index contributed by atoms with van der Waals surface area (Å²) in [5, 5.41) is 11.1. The van der Waals surface area contributed by atoms with Crippen molar-refractivity contribution in [3.63, 3.8) is 0 Å². The molecule has 110 valence electrons. The van der Waals surface area contributed by atoms with Crippen molar-refractivity contribution < 1.29 is 9.66 Å². The van der Waals surface area contributed by atoms with Gasteiger partial charge in [0.2, 0.25) is 0 Å². The smallest absolute Gasteiger partial charge is 0.270 e. The van der Waals surface area contributed by atoms with Crippen LogP contribution in [0.15, 0.2) is 48.7 Å². The standard InChI is InChI=1S/C17H14N2O3/c1-11-9-17(11)10-14(15-4-2-3-7-18-15)13-8-12(19(20)21)5-6-16(13)22-17/h2-8,10-11H,9H2,1H3. The molecular formula is C17H14N2O3. The molecule has 0 radical (unpaired) electrons. The maximum absolute atomic E-state index is 11.1. The van der Waals surface area contributed by atoms with Gasteiger partial charge in [-0.1, -0.05) is 13.0 Å². The number of non-ortho nitro benzene ring substituents is 1. The molecule has 1 saturated carbocycles. The summed E-state index contributed by atoms with van der Waals surface area (Å²) in [6.07, 6.45) is 4.76. The van der Waals surface area contributed by atoms with Crippen LogP contribution in [0.5, 0.6) is 5.75 Å². The number of pyridine rings is 1. The van der Waals surface area contributed by atoms with E-state index in [0.29, 0.717) is 11.7 Å². The molecule has 2 unspecified atom stereocenters. The molecule has 1 spiro atoms. The van der Waals surface area contributed by atoms with E-state index in [1.807, 2.05) is 18.2 Å². The first kappa shape index (κ1) is 13.0. The Morgan fingerprint density at radius 3 is 2.82 bits per heavy atom. The lowest BCUT2D eigenvalue weighted by Gasteiger charge is -2.26. The van der Waals surface area contributed by atoms with Crippen LogP contribution in [0, 0.1) is 16.0 Å². The number of rotatable bonds is 2. The molecule has 1 aromatic carbocycles. The van der Waals surface area contributed by atoms with E-state index < -0.39 is 0 Å². The van der Waals surface area contributed by atoms with E-state index in [1.165, 1.54) is 6.07 Å². The number of fused-ring (bicyclic) bond motifs is 1. The third-order valence-corrected chi connectivity index (χ3v) is 4.39. The van der Waals surface area contributed by atoms with Gasteiger partial charge in [0, 0.05) is 35.4 Å². The molecule has 5 heteroatoms. The number of benzene rings is 1. The fraction of sp³-hybridized carbons (Fsp3) is 0.235. The van der Waals surface area contributed by atoms with Crippen molar-refractivity contribution in [2.45, 2.75) is 18.9 Å². The summed E-state index contributed by atoms with van der Waals surface area (Å²) < 4.78 is 6.10. The van der Waals surface area contributed by atoms with E-state index in [-0.39, 0.29) is 16.2 Å². The van der Waals surface area contributed by atoms with Crippen LogP contribution in [-0.4, -0.2) is 15.5 Å². The highest BCUT2D eigenvalue weighted by atomic mass is 16.6. The van der Waals surface area contributed by atoms with Gasteiger partial charge in [-0.15, -0.1) is 0 Å². The van der Waals surface area contributed by atoms with Crippen LogP contribution in [0.1, 0.15) is 24.6 Å². The number of hydrogen-bond donors (Lipinski definition) is 0. The van der Waals surface area contributed by atoms with Gasteiger partial charge in [-0.05, 0) is 30.7 Å². The Morgan fingerprint density at radius 1 is 1.36 bits per heavy atom. The minimum Gasteiger partial charge on any atom is -0.482 e. The summed E-state index contributed by atoms with van der Waals surface area (Å²) in [4.78, 5) is 15.1. The summed E-state index contributed by atoms with van der Waals surface area (Å²) in [7, 11) is 0. The molecule has 1 aliphatic carbocycles. The highest BCUT2D eigenvalue weighted by Crippen LogP contribution is 2.54. The molecule has 2 heterocycles. The SMILES string of the molecule is CC1CC12C=C(c1ccccn1)c1cc([N+](=O)[O-])ccc1O2. The second-order valence-electron chi connectivity index (χ2n) is 5.87. The Hall–Kier alpha value is -2.69. The van der Waals surface area contributed by atoms with Gasteiger partial charge in [-0.25, -0.2) is 0 Å². The van der Waals surface area contributed by atoms with E-state index in [0.717, 1.165) is 23.3 Å². The third-order valence-electron chi connectivity index (χ3n) is 4.39. The van der Waals surface area contributed by atoms with Crippen LogP contribution in [0.3, 0.4) is 0 Å². The van der Waals surface area contributed by atoms with Crippen LogP contribution in [0.2, 0.25) is 0 Å². The highest BCUT2D eigenvalue weighted by molar-refractivity contribution is 5.84. The molecular weight excluding hydrogens is 280 g/mol. The number of nitrogens with zero attached hydrogens (tertiary/aromatic N) is 2. The van der Waals surface area contributed by atoms with Crippen molar-refractivity contribution in [1.82, 2.24) is 4.98 Å². The summed E-state index contributed by atoms with van der Waals surface area (Å²) in [5.74, 6) is 1.13. The predicted octanol–water partition coefficient (Wildman–Crippen LogP) is 3.59. The maximum atomic E-state index is 11.1. The van der Waals surface area contributed by atoms with Crippen molar-refractivity contribution in [1.29, 1.82) is 0 Å². The van der Waals surface area contributed by atoms with Crippen LogP contribution < -0.4 is 4.74 Å². The topological polar surface area (TPSA) is 65.3 Å². The first-order valence-corrected chi connectivity index (χ1v) is 7.21. The zero-order valence-corrected chi connectivity index (χ0v) is 12.0. The summed E-state index contributed by atoms with van der Waals surface area (Å²) in [5.41, 5.74) is 2.23. The van der Waals surface area contributed by atoms with Gasteiger partial charge in [-0.2, -0.15) is 0 Å². The Kier molecular flexibility index (Phi) is 2.60. The molecule has 2 aromatic rings. The number of nitro groups is 1. The number of ether oxygens (including phenoxy) is 1. The first-order valence-electron chi connectivity index (χ1n) is 7.21. The van der Waals surface area contributed by atoms with Crippen molar-refractivity contribution in [3.05, 3.63) is 70.0 Å². The van der Waals surface area contributed by atoms with E-state index in [4.69, 9.17) is 4.74 Å². The molecule has 1 aromatic heterocycles. The Labute approximate surface area is 127 Å². The lowest BCUT2D eigenvalue weighted by atomic mass is 9.95. The largest absolute Gasteiger partial charge is 0.482 e. The Bertz CT molecular complexity index is 801. The fourth-order valence-electron chi connectivity index (χ4n) is 2.98. The Morgan fingerprint density at radius 2 is 2.18 bits per heavy atom. The first-order chi connectivity index (χ1) is 10.6. The summed E-state index contributed by atoms with van der Waals surface area (Å²) in [6, 6.07) is 10.4. The summed E-state index contributed by atoms with van der Waals surface area (Å²) in [6.45, 7) is 2.14. The molecule has 22 heavy (non-hydrogen) atoms. The monoisotopic (exact) mass is 294 g/mol. The van der Waals surface area contributed by atoms with Gasteiger partial charge in [-0.3, -0.25) is 15.1 Å². The predicted molar refractivity (Wildman–Crippen MR) is 81.6 cm³/mol. The van der Waals surface area contributed by atoms with E-state index >= 15 is 0 Å². The zero-order chi connectivity index (χ0) is 15.3. The van der Waals surface area contributed by atoms with Crippen molar-refractivity contribution >= 4 is 11.3 Å². The minimum atomic E-state index is -0.388. The minimum absolute atomic E-state index is 0.0592. The van der Waals surface area contributed by atoms with E-state index in [2.05, 4.69) is 18.0 Å². The van der Waals surface area contributed by atoms with Gasteiger partial charge in [0.05, 0.1) is 10.6 Å². The van der Waals surface area contributed by atoms with Crippen LogP contribution in [-0.2, 0) is 0 Å². The average Bonchev–Trinajstić information content (AvgIpc) is 3.15. The van der Waals surface area contributed by atoms with Crippen LogP contribution in [0.25, 0.3) is 5.57 Å². The van der Waals surface area contributed by atoms with Gasteiger partial charge >= 0.3 is 0 Å². The van der Waals surface area contributed by atoms with Gasteiger partial charge in [0.1, 0.15) is 11.4 Å². The lowest BCUT2D eigenvalue weighted by molar-refractivity contribution is -0.384. The van der Waals surface area contributed by atoms with E-state index in [1.54, 1.807) is 18.3 Å². The van der Waals surface area contributed by atoms with Crippen LogP contribution >= 0.6 is 0 Å². The number of nitro benzene ring substituents is 1. The highest BCUT2D eigenvalue weighted by Gasteiger charge is 2.54. The molecule has 0 bridgehead atoms. The van der Waals surface area contributed by atoms with Crippen molar-refractivity contribution in [3.8, 4) is 5.75 Å². The maximum Gasteiger partial charge on any atom is 0.270 e.